The molecule has 1 unspecified atom stereocenters. The van der Waals surface area contributed by atoms with Crippen molar-refractivity contribution < 1.29 is 14.4 Å². The molecule has 1 heterocycles. The van der Waals surface area contributed by atoms with E-state index in [9.17, 15) is 14.4 Å². The second-order valence-corrected chi connectivity index (χ2v) is 6.05. The largest absolute Gasteiger partial charge is 0.354 e. The van der Waals surface area contributed by atoms with Gasteiger partial charge in [-0.1, -0.05) is 37.3 Å². The molecule has 0 spiro atoms. The number of benzene rings is 1. The zero-order chi connectivity index (χ0) is 17.4. The van der Waals surface area contributed by atoms with Gasteiger partial charge in [0.15, 0.2) is 0 Å². The minimum Gasteiger partial charge on any atom is -0.354 e. The Kier molecular flexibility index (Phi) is 6.78. The van der Waals surface area contributed by atoms with Crippen LogP contribution in [0, 0.1) is 5.92 Å². The van der Waals surface area contributed by atoms with Crippen LogP contribution in [0.5, 0.6) is 0 Å². The molecule has 0 saturated carbocycles. The van der Waals surface area contributed by atoms with Crippen LogP contribution in [-0.2, 0) is 20.9 Å². The number of hydrogen-bond donors (Lipinski definition) is 2. The van der Waals surface area contributed by atoms with Crippen molar-refractivity contribution in [3.05, 3.63) is 35.9 Å². The molecule has 6 nitrogen and oxygen atoms in total. The number of nitrogens with one attached hydrogen (secondary N) is 2. The van der Waals surface area contributed by atoms with Crippen molar-refractivity contribution in [1.82, 2.24) is 15.5 Å². The van der Waals surface area contributed by atoms with Gasteiger partial charge in [0.25, 0.3) is 0 Å². The van der Waals surface area contributed by atoms with Gasteiger partial charge in [0.1, 0.15) is 0 Å². The molecule has 1 saturated heterocycles. The number of carbonyl (C=O) groups excluding carboxylic acids is 3. The maximum absolute atomic E-state index is 12.2. The Morgan fingerprint density at radius 1 is 1.17 bits per heavy atom. The Balaban J connectivity index is 1.72. The van der Waals surface area contributed by atoms with E-state index in [-0.39, 0.29) is 30.1 Å². The smallest absolute Gasteiger partial charge is 0.225 e. The highest BCUT2D eigenvalue weighted by molar-refractivity contribution is 5.89. The molecule has 1 aromatic carbocycles. The van der Waals surface area contributed by atoms with E-state index in [4.69, 9.17) is 0 Å². The molecule has 130 valence electrons. The van der Waals surface area contributed by atoms with Gasteiger partial charge in [0, 0.05) is 39.0 Å². The first kappa shape index (κ1) is 18.0. The summed E-state index contributed by atoms with van der Waals surface area (Å²) in [5.41, 5.74) is 1.06. The quantitative estimate of drug-likeness (QED) is 0.699. The Labute approximate surface area is 142 Å². The summed E-state index contributed by atoms with van der Waals surface area (Å²) in [5.74, 6) is -0.428. The maximum atomic E-state index is 12.2. The summed E-state index contributed by atoms with van der Waals surface area (Å²) in [6.45, 7) is 3.73. The van der Waals surface area contributed by atoms with Gasteiger partial charge in [0.05, 0.1) is 5.92 Å². The van der Waals surface area contributed by atoms with Crippen LogP contribution in [-0.4, -0.2) is 42.3 Å². The third kappa shape index (κ3) is 5.37. The van der Waals surface area contributed by atoms with Crippen LogP contribution in [0.1, 0.15) is 31.7 Å². The van der Waals surface area contributed by atoms with Crippen molar-refractivity contribution in [1.29, 1.82) is 0 Å². The molecule has 0 aromatic heterocycles. The van der Waals surface area contributed by atoms with E-state index in [1.807, 2.05) is 37.3 Å². The van der Waals surface area contributed by atoms with Gasteiger partial charge in [-0.15, -0.1) is 0 Å². The number of carbonyl (C=O) groups is 3. The normalized spacial score (nSPS) is 17.0. The van der Waals surface area contributed by atoms with Crippen molar-refractivity contribution in [2.75, 3.05) is 19.6 Å². The van der Waals surface area contributed by atoms with Crippen LogP contribution in [0.4, 0.5) is 0 Å². The third-order valence-corrected chi connectivity index (χ3v) is 4.03. The van der Waals surface area contributed by atoms with E-state index in [1.54, 1.807) is 4.90 Å². The molecule has 2 N–H and O–H groups in total. The van der Waals surface area contributed by atoms with Gasteiger partial charge in [-0.25, -0.2) is 0 Å². The summed E-state index contributed by atoms with van der Waals surface area (Å²) in [6, 6.07) is 9.75. The van der Waals surface area contributed by atoms with E-state index in [2.05, 4.69) is 10.6 Å². The number of amides is 3. The van der Waals surface area contributed by atoms with Crippen LogP contribution in [0.3, 0.4) is 0 Å². The van der Waals surface area contributed by atoms with Crippen LogP contribution < -0.4 is 10.6 Å². The standard InChI is InChI=1S/C18H25N3O3/c1-2-6-16(22)19-9-10-20-18(24)15-11-17(23)21(13-15)12-14-7-4-3-5-8-14/h3-5,7-8,15H,2,6,9-13H2,1H3,(H,19,22)(H,20,24). The molecular formula is C18H25N3O3. The third-order valence-electron chi connectivity index (χ3n) is 4.03. The fourth-order valence-electron chi connectivity index (χ4n) is 2.75. The predicted molar refractivity (Wildman–Crippen MR) is 90.9 cm³/mol. The summed E-state index contributed by atoms with van der Waals surface area (Å²) in [4.78, 5) is 37.3. The average molecular weight is 331 g/mol. The zero-order valence-corrected chi connectivity index (χ0v) is 14.1. The minimum atomic E-state index is -0.312. The van der Waals surface area contributed by atoms with Crippen molar-refractivity contribution in [3.63, 3.8) is 0 Å². The van der Waals surface area contributed by atoms with Gasteiger partial charge < -0.3 is 15.5 Å². The Bertz CT molecular complexity index is 574. The van der Waals surface area contributed by atoms with Gasteiger partial charge in [-0.05, 0) is 12.0 Å². The lowest BCUT2D eigenvalue weighted by atomic mass is 10.1. The molecule has 24 heavy (non-hydrogen) atoms. The summed E-state index contributed by atoms with van der Waals surface area (Å²) in [5, 5.41) is 5.54. The van der Waals surface area contributed by atoms with Crippen molar-refractivity contribution >= 4 is 17.7 Å². The SMILES string of the molecule is CCCC(=O)NCCNC(=O)C1CC(=O)N(Cc2ccccc2)C1. The van der Waals surface area contributed by atoms with Crippen LogP contribution in [0.25, 0.3) is 0 Å². The molecule has 1 aromatic rings. The number of hydrogen-bond acceptors (Lipinski definition) is 3. The monoisotopic (exact) mass is 331 g/mol. The van der Waals surface area contributed by atoms with E-state index in [1.165, 1.54) is 0 Å². The average Bonchev–Trinajstić information content (AvgIpc) is 2.93. The van der Waals surface area contributed by atoms with Gasteiger partial charge in [-0.2, -0.15) is 0 Å². The summed E-state index contributed by atoms with van der Waals surface area (Å²) in [6.07, 6.45) is 1.56. The zero-order valence-electron chi connectivity index (χ0n) is 14.1. The summed E-state index contributed by atoms with van der Waals surface area (Å²) >= 11 is 0. The molecular weight excluding hydrogens is 306 g/mol. The van der Waals surface area contributed by atoms with E-state index < -0.39 is 0 Å². The molecule has 1 aliphatic rings. The van der Waals surface area contributed by atoms with Gasteiger partial charge in [0.2, 0.25) is 17.7 Å². The fraction of sp³-hybridized carbons (Fsp3) is 0.500. The molecule has 1 atom stereocenters. The van der Waals surface area contributed by atoms with Crippen molar-refractivity contribution in [3.8, 4) is 0 Å². The maximum Gasteiger partial charge on any atom is 0.225 e. The molecule has 1 fully saturated rings. The predicted octanol–water partition coefficient (Wildman–Crippen LogP) is 1.07. The minimum absolute atomic E-state index is 0.00294. The number of rotatable bonds is 8. The molecule has 0 aliphatic carbocycles. The second-order valence-electron chi connectivity index (χ2n) is 6.05. The lowest BCUT2D eigenvalue weighted by Crippen LogP contribution is -2.38. The van der Waals surface area contributed by atoms with E-state index in [0.29, 0.717) is 32.6 Å². The molecule has 1 aliphatic heterocycles. The van der Waals surface area contributed by atoms with Gasteiger partial charge >= 0.3 is 0 Å². The molecule has 3 amide bonds. The molecule has 0 bridgehead atoms. The summed E-state index contributed by atoms with van der Waals surface area (Å²) < 4.78 is 0. The first-order chi connectivity index (χ1) is 11.6. The lowest BCUT2D eigenvalue weighted by molar-refractivity contribution is -0.129. The van der Waals surface area contributed by atoms with Crippen LogP contribution in [0.15, 0.2) is 30.3 Å². The first-order valence-corrected chi connectivity index (χ1v) is 8.46. The highest BCUT2D eigenvalue weighted by Gasteiger charge is 2.33. The lowest BCUT2D eigenvalue weighted by Gasteiger charge is -2.16. The summed E-state index contributed by atoms with van der Waals surface area (Å²) in [7, 11) is 0. The fourth-order valence-corrected chi connectivity index (χ4v) is 2.75. The highest BCUT2D eigenvalue weighted by Crippen LogP contribution is 2.20. The molecule has 2 rings (SSSR count). The Morgan fingerprint density at radius 2 is 1.88 bits per heavy atom. The Hall–Kier alpha value is -2.37. The number of likely N-dealkylation sites (tertiary alicyclic amines) is 1. The topological polar surface area (TPSA) is 78.5 Å². The first-order valence-electron chi connectivity index (χ1n) is 8.46. The van der Waals surface area contributed by atoms with Crippen LogP contribution >= 0.6 is 0 Å². The second kappa shape index (κ2) is 9.05. The highest BCUT2D eigenvalue weighted by atomic mass is 16.2. The Morgan fingerprint density at radius 3 is 2.58 bits per heavy atom. The van der Waals surface area contributed by atoms with E-state index in [0.717, 1.165) is 12.0 Å². The molecule has 6 heteroatoms. The van der Waals surface area contributed by atoms with Crippen molar-refractivity contribution in [2.24, 2.45) is 5.92 Å². The van der Waals surface area contributed by atoms with Crippen molar-refractivity contribution in [2.45, 2.75) is 32.7 Å². The number of nitrogens with zero attached hydrogens (tertiary/aromatic N) is 1. The van der Waals surface area contributed by atoms with E-state index >= 15 is 0 Å². The molecule has 0 radical (unpaired) electrons. The van der Waals surface area contributed by atoms with Crippen LogP contribution in [0.2, 0.25) is 0 Å². The van der Waals surface area contributed by atoms with Gasteiger partial charge in [-0.3, -0.25) is 14.4 Å².